The van der Waals surface area contributed by atoms with Gasteiger partial charge in [0.2, 0.25) is 0 Å². The number of carbonyl (C=O) groups is 2. The highest BCUT2D eigenvalue weighted by Crippen LogP contribution is 2.25. The summed E-state index contributed by atoms with van der Waals surface area (Å²) in [5.41, 5.74) is 1.84. The van der Waals surface area contributed by atoms with Crippen LogP contribution in [-0.2, 0) is 22.5 Å². The van der Waals surface area contributed by atoms with Crippen molar-refractivity contribution in [2.24, 2.45) is 0 Å². The van der Waals surface area contributed by atoms with Gasteiger partial charge in [0.1, 0.15) is 0 Å². The fourth-order valence-corrected chi connectivity index (χ4v) is 1.86. The largest absolute Gasteiger partial charge is 0.465 e. The van der Waals surface area contributed by atoms with Crippen LogP contribution in [0.4, 0.5) is 10.5 Å². The Morgan fingerprint density at radius 2 is 2.00 bits per heavy atom. The monoisotopic (exact) mass is 281 g/mol. The van der Waals surface area contributed by atoms with E-state index in [1.807, 2.05) is 6.92 Å². The van der Waals surface area contributed by atoms with E-state index in [0.717, 1.165) is 0 Å². The van der Waals surface area contributed by atoms with E-state index in [-0.39, 0.29) is 24.5 Å². The summed E-state index contributed by atoms with van der Waals surface area (Å²) in [6.45, 7) is 3.59. The molecule has 0 heterocycles. The van der Waals surface area contributed by atoms with Gasteiger partial charge in [-0.1, -0.05) is 13.0 Å². The summed E-state index contributed by atoms with van der Waals surface area (Å²) in [7, 11) is 1.27. The second kappa shape index (κ2) is 7.49. The van der Waals surface area contributed by atoms with Gasteiger partial charge in [-0.3, -0.25) is 5.32 Å². The standard InChI is InChI=1S/C14H19NO5/c1-4-10-6-9(8-16)7-11(12(10)13(17)19-3)15-14(18)20-5-2/h6-7,16H,4-5,8H2,1-3H3,(H,15,18). The Balaban J connectivity index is 3.28. The zero-order chi connectivity index (χ0) is 15.1. The fraction of sp³-hybridized carbons (Fsp3) is 0.429. The minimum Gasteiger partial charge on any atom is -0.465 e. The lowest BCUT2D eigenvalue weighted by atomic mass is 9.99. The summed E-state index contributed by atoms with van der Waals surface area (Å²) in [5, 5.41) is 11.7. The van der Waals surface area contributed by atoms with Gasteiger partial charge in [-0.15, -0.1) is 0 Å². The Hall–Kier alpha value is -2.08. The zero-order valence-corrected chi connectivity index (χ0v) is 11.9. The number of hydrogen-bond donors (Lipinski definition) is 2. The molecule has 6 heteroatoms. The van der Waals surface area contributed by atoms with Crippen LogP contribution in [0.2, 0.25) is 0 Å². The number of benzene rings is 1. The molecule has 20 heavy (non-hydrogen) atoms. The van der Waals surface area contributed by atoms with Crippen molar-refractivity contribution in [3.8, 4) is 0 Å². The van der Waals surface area contributed by atoms with Crippen molar-refractivity contribution in [3.05, 3.63) is 28.8 Å². The third-order valence-electron chi connectivity index (χ3n) is 2.74. The first-order valence-corrected chi connectivity index (χ1v) is 6.36. The summed E-state index contributed by atoms with van der Waals surface area (Å²) in [6, 6.07) is 3.24. The lowest BCUT2D eigenvalue weighted by molar-refractivity contribution is 0.0600. The average Bonchev–Trinajstić information content (AvgIpc) is 2.45. The van der Waals surface area contributed by atoms with E-state index >= 15 is 0 Å². The van der Waals surface area contributed by atoms with Crippen LogP contribution in [0.25, 0.3) is 0 Å². The van der Waals surface area contributed by atoms with Crippen molar-refractivity contribution in [2.75, 3.05) is 19.0 Å². The van der Waals surface area contributed by atoms with Gasteiger partial charge < -0.3 is 14.6 Å². The lowest BCUT2D eigenvalue weighted by Gasteiger charge is -2.15. The molecule has 0 radical (unpaired) electrons. The minimum atomic E-state index is -0.658. The topological polar surface area (TPSA) is 84.9 Å². The Labute approximate surface area is 117 Å². The van der Waals surface area contributed by atoms with Crippen LogP contribution < -0.4 is 5.32 Å². The van der Waals surface area contributed by atoms with Crippen LogP contribution in [0.3, 0.4) is 0 Å². The molecule has 0 saturated carbocycles. The molecule has 0 spiro atoms. The highest BCUT2D eigenvalue weighted by atomic mass is 16.5. The highest BCUT2D eigenvalue weighted by Gasteiger charge is 2.19. The van der Waals surface area contributed by atoms with Crippen molar-refractivity contribution in [3.63, 3.8) is 0 Å². The van der Waals surface area contributed by atoms with E-state index in [9.17, 15) is 14.7 Å². The van der Waals surface area contributed by atoms with E-state index in [0.29, 0.717) is 17.5 Å². The summed E-state index contributed by atoms with van der Waals surface area (Å²) >= 11 is 0. The van der Waals surface area contributed by atoms with Gasteiger partial charge in [-0.25, -0.2) is 9.59 Å². The number of esters is 1. The first kappa shape index (κ1) is 16.0. The quantitative estimate of drug-likeness (QED) is 0.807. The molecule has 1 amide bonds. The van der Waals surface area contributed by atoms with Gasteiger partial charge in [0.25, 0.3) is 0 Å². The van der Waals surface area contributed by atoms with Gasteiger partial charge in [0.15, 0.2) is 0 Å². The third-order valence-corrected chi connectivity index (χ3v) is 2.74. The van der Waals surface area contributed by atoms with E-state index in [4.69, 9.17) is 9.47 Å². The molecule has 2 N–H and O–H groups in total. The molecule has 1 aromatic rings. The predicted octanol–water partition coefficient (Wildman–Crippen LogP) is 2.10. The first-order chi connectivity index (χ1) is 9.57. The lowest BCUT2D eigenvalue weighted by Crippen LogP contribution is -2.18. The average molecular weight is 281 g/mol. The van der Waals surface area contributed by atoms with Gasteiger partial charge >= 0.3 is 12.1 Å². The SMILES string of the molecule is CCOC(=O)Nc1cc(CO)cc(CC)c1C(=O)OC. The van der Waals surface area contributed by atoms with E-state index < -0.39 is 12.1 Å². The van der Waals surface area contributed by atoms with E-state index in [1.165, 1.54) is 13.2 Å². The number of ether oxygens (including phenoxy) is 2. The van der Waals surface area contributed by atoms with Gasteiger partial charge in [-0.05, 0) is 30.5 Å². The van der Waals surface area contributed by atoms with Crippen LogP contribution in [0.5, 0.6) is 0 Å². The molecule has 0 saturated heterocycles. The summed E-state index contributed by atoms with van der Waals surface area (Å²) in [6.07, 6.45) is -0.0923. The number of nitrogens with one attached hydrogen (secondary N) is 1. The molecule has 6 nitrogen and oxygen atoms in total. The van der Waals surface area contributed by atoms with E-state index in [1.54, 1.807) is 13.0 Å². The molecule has 0 unspecified atom stereocenters. The van der Waals surface area contributed by atoms with Crippen LogP contribution in [0.15, 0.2) is 12.1 Å². The number of anilines is 1. The maximum Gasteiger partial charge on any atom is 0.411 e. The van der Waals surface area contributed by atoms with Crippen molar-refractivity contribution in [2.45, 2.75) is 26.9 Å². The van der Waals surface area contributed by atoms with Gasteiger partial charge in [0, 0.05) is 0 Å². The number of aryl methyl sites for hydroxylation is 1. The molecule has 0 aliphatic rings. The fourth-order valence-electron chi connectivity index (χ4n) is 1.86. The van der Waals surface area contributed by atoms with Crippen molar-refractivity contribution in [1.29, 1.82) is 0 Å². The Morgan fingerprint density at radius 1 is 1.30 bits per heavy atom. The number of methoxy groups -OCH3 is 1. The Kier molecular flexibility index (Phi) is 5.99. The third kappa shape index (κ3) is 3.71. The number of carbonyl (C=O) groups excluding carboxylic acids is 2. The second-order valence-corrected chi connectivity index (χ2v) is 4.03. The summed E-state index contributed by atoms with van der Waals surface area (Å²) in [5.74, 6) is -0.543. The number of amides is 1. The Morgan fingerprint density at radius 3 is 2.50 bits per heavy atom. The molecule has 1 rings (SSSR count). The molecular weight excluding hydrogens is 262 g/mol. The maximum absolute atomic E-state index is 11.9. The minimum absolute atomic E-state index is 0.189. The molecule has 0 fully saturated rings. The first-order valence-electron chi connectivity index (χ1n) is 6.36. The van der Waals surface area contributed by atoms with E-state index in [2.05, 4.69) is 5.32 Å². The van der Waals surface area contributed by atoms with Crippen LogP contribution in [-0.4, -0.2) is 30.9 Å². The van der Waals surface area contributed by atoms with Gasteiger partial charge in [0.05, 0.1) is 31.6 Å². The van der Waals surface area contributed by atoms with Crippen molar-refractivity contribution >= 4 is 17.7 Å². The number of aliphatic hydroxyl groups is 1. The number of aliphatic hydroxyl groups excluding tert-OH is 1. The number of rotatable bonds is 5. The van der Waals surface area contributed by atoms with Crippen molar-refractivity contribution < 1.29 is 24.2 Å². The molecule has 0 atom stereocenters. The summed E-state index contributed by atoms with van der Waals surface area (Å²) in [4.78, 5) is 23.4. The molecule has 0 bridgehead atoms. The maximum atomic E-state index is 11.9. The van der Waals surface area contributed by atoms with Crippen LogP contribution in [0.1, 0.15) is 35.3 Å². The number of hydrogen-bond acceptors (Lipinski definition) is 5. The van der Waals surface area contributed by atoms with Crippen LogP contribution >= 0.6 is 0 Å². The molecule has 1 aromatic carbocycles. The molecular formula is C14H19NO5. The van der Waals surface area contributed by atoms with Gasteiger partial charge in [-0.2, -0.15) is 0 Å². The smallest absolute Gasteiger partial charge is 0.411 e. The Bertz CT molecular complexity index is 499. The molecule has 0 aromatic heterocycles. The molecule has 0 aliphatic carbocycles. The normalized spacial score (nSPS) is 10.0. The highest BCUT2D eigenvalue weighted by molar-refractivity contribution is 6.01. The van der Waals surface area contributed by atoms with Crippen molar-refractivity contribution in [1.82, 2.24) is 0 Å². The predicted molar refractivity (Wildman–Crippen MR) is 73.7 cm³/mol. The molecule has 110 valence electrons. The second-order valence-electron chi connectivity index (χ2n) is 4.03. The zero-order valence-electron chi connectivity index (χ0n) is 11.9. The summed E-state index contributed by atoms with van der Waals surface area (Å²) < 4.78 is 9.54. The molecule has 0 aliphatic heterocycles. The van der Waals surface area contributed by atoms with Crippen LogP contribution in [0, 0.1) is 0 Å².